The molecule has 0 spiro atoms. The van der Waals surface area contributed by atoms with E-state index in [1.165, 1.54) is 11.0 Å². The number of rotatable bonds is 9. The minimum absolute atomic E-state index is 0.0904. The number of carboxylic acids is 1. The maximum absolute atomic E-state index is 15.2. The molecule has 15 heteroatoms. The summed E-state index contributed by atoms with van der Waals surface area (Å²) in [5.74, 6) is -2.00. The molecule has 3 aliphatic heterocycles. The van der Waals surface area contributed by atoms with E-state index in [0.717, 1.165) is 27.9 Å². The van der Waals surface area contributed by atoms with Gasteiger partial charge in [-0.15, -0.1) is 0 Å². The monoisotopic (exact) mass is 643 g/mol. The fraction of sp³-hybridized carbons (Fsp3) is 0.345. The second-order valence-electron chi connectivity index (χ2n) is 10.1. The number of benzene rings is 2. The van der Waals surface area contributed by atoms with Gasteiger partial charge in [0.25, 0.3) is 5.91 Å². The van der Waals surface area contributed by atoms with E-state index < -0.39 is 42.5 Å². The number of hydrogen-bond acceptors (Lipinski definition) is 10. The van der Waals surface area contributed by atoms with Gasteiger partial charge in [0.2, 0.25) is 0 Å². The van der Waals surface area contributed by atoms with E-state index in [2.05, 4.69) is 10.2 Å². The summed E-state index contributed by atoms with van der Waals surface area (Å²) in [5.41, 5.74) is 2.58. The summed E-state index contributed by atoms with van der Waals surface area (Å²) in [6, 6.07) is 12.3. The van der Waals surface area contributed by atoms with Gasteiger partial charge in [-0.3, -0.25) is 19.4 Å². The molecular weight excluding hydrogens is 613 g/mol. The zero-order valence-corrected chi connectivity index (χ0v) is 25.4. The predicted molar refractivity (Wildman–Crippen MR) is 167 cm³/mol. The van der Waals surface area contributed by atoms with Crippen molar-refractivity contribution in [2.45, 2.75) is 13.0 Å². The standard InChI is InChI=1S/C29H30FN5O7S2/c1-2-41-27(39)31-15-21-16-34(28(40)42-21)20-7-8-23(22(30)14-20)33-11-9-32(10-12-33)19-5-3-18(4-6-19)13-24-26(38)35(17-25(36)37)29(43)44-24/h3-8,13-14,21H,2,9-12,15-17H2,1H3,(H,31,39)(H,36,37)/b24-13+/t21-/m0/s1. The van der Waals surface area contributed by atoms with E-state index in [4.69, 9.17) is 26.8 Å². The molecule has 3 amide bonds. The highest BCUT2D eigenvalue weighted by Crippen LogP contribution is 2.33. The second-order valence-corrected chi connectivity index (χ2v) is 11.8. The Morgan fingerprint density at radius 3 is 2.45 bits per heavy atom. The highest BCUT2D eigenvalue weighted by Gasteiger charge is 2.34. The van der Waals surface area contributed by atoms with E-state index in [1.54, 1.807) is 25.1 Å². The Morgan fingerprint density at radius 2 is 1.80 bits per heavy atom. The number of nitrogens with one attached hydrogen (secondary N) is 1. The van der Waals surface area contributed by atoms with Crippen molar-refractivity contribution in [3.63, 3.8) is 0 Å². The number of carboxylic acid groups (broad SMARTS) is 1. The number of amides is 3. The lowest BCUT2D eigenvalue weighted by atomic mass is 10.1. The molecule has 0 saturated carbocycles. The maximum Gasteiger partial charge on any atom is 0.414 e. The van der Waals surface area contributed by atoms with E-state index in [-0.39, 0.29) is 24.0 Å². The quantitative estimate of drug-likeness (QED) is 0.307. The number of thiocarbonyl (C=S) groups is 1. The first-order chi connectivity index (χ1) is 21.1. The number of cyclic esters (lactones) is 1. The third-order valence-corrected chi connectivity index (χ3v) is 8.59. The van der Waals surface area contributed by atoms with Crippen LogP contribution in [0.3, 0.4) is 0 Å². The highest BCUT2D eigenvalue weighted by molar-refractivity contribution is 8.26. The van der Waals surface area contributed by atoms with Crippen LogP contribution in [-0.2, 0) is 19.1 Å². The van der Waals surface area contributed by atoms with Gasteiger partial charge in [-0.1, -0.05) is 36.1 Å². The Balaban J connectivity index is 1.15. The molecule has 0 bridgehead atoms. The lowest BCUT2D eigenvalue weighted by molar-refractivity contribution is -0.140. The van der Waals surface area contributed by atoms with Crippen LogP contribution in [0.1, 0.15) is 12.5 Å². The largest absolute Gasteiger partial charge is 0.480 e. The zero-order valence-electron chi connectivity index (χ0n) is 23.7. The normalized spacial score (nSPS) is 19.5. The summed E-state index contributed by atoms with van der Waals surface area (Å²) < 4.78 is 25.6. The van der Waals surface area contributed by atoms with E-state index >= 15 is 4.39 Å². The average Bonchev–Trinajstić information content (AvgIpc) is 3.50. The Labute approximate surface area is 262 Å². The predicted octanol–water partition coefficient (Wildman–Crippen LogP) is 3.51. The molecule has 2 aromatic carbocycles. The van der Waals surface area contributed by atoms with Crippen molar-refractivity contribution >= 4 is 75.5 Å². The van der Waals surface area contributed by atoms with E-state index in [0.29, 0.717) is 42.5 Å². The average molecular weight is 644 g/mol. The molecule has 3 fully saturated rings. The number of carbonyl (C=O) groups excluding carboxylic acids is 3. The van der Waals surface area contributed by atoms with Gasteiger partial charge in [-0.25, -0.2) is 14.0 Å². The van der Waals surface area contributed by atoms with Crippen LogP contribution in [0.25, 0.3) is 6.08 Å². The van der Waals surface area contributed by atoms with Gasteiger partial charge >= 0.3 is 18.2 Å². The number of hydrogen-bond donors (Lipinski definition) is 2. The van der Waals surface area contributed by atoms with Gasteiger partial charge in [0, 0.05) is 31.9 Å². The number of thioether (sulfide) groups is 1. The van der Waals surface area contributed by atoms with E-state index in [1.807, 2.05) is 29.2 Å². The number of ether oxygens (including phenoxy) is 2. The van der Waals surface area contributed by atoms with Crippen molar-refractivity contribution in [3.8, 4) is 0 Å². The Hall–Kier alpha value is -4.37. The summed E-state index contributed by atoms with van der Waals surface area (Å²) in [6.07, 6.45) is -0.0929. The first kappa shape index (κ1) is 31.1. The summed E-state index contributed by atoms with van der Waals surface area (Å²) in [5, 5.41) is 11.5. The zero-order chi connectivity index (χ0) is 31.4. The number of piperazine rings is 1. The molecule has 2 aromatic rings. The van der Waals surface area contributed by atoms with Crippen LogP contribution in [-0.4, -0.2) is 96.9 Å². The number of aliphatic carboxylic acids is 1. The maximum atomic E-state index is 15.2. The molecule has 0 radical (unpaired) electrons. The van der Waals surface area contributed by atoms with Crippen molar-refractivity contribution in [1.29, 1.82) is 0 Å². The lowest BCUT2D eigenvalue weighted by Gasteiger charge is -2.37. The number of halogens is 1. The van der Waals surface area contributed by atoms with Crippen molar-refractivity contribution in [2.24, 2.45) is 0 Å². The minimum Gasteiger partial charge on any atom is -0.480 e. The molecule has 232 valence electrons. The van der Waals surface area contributed by atoms with Crippen LogP contribution in [0.5, 0.6) is 0 Å². The van der Waals surface area contributed by atoms with Crippen LogP contribution in [0.4, 0.5) is 31.0 Å². The molecule has 5 rings (SSSR count). The third kappa shape index (κ3) is 7.05. The fourth-order valence-corrected chi connectivity index (χ4v) is 6.30. The summed E-state index contributed by atoms with van der Waals surface area (Å²) in [7, 11) is 0. The van der Waals surface area contributed by atoms with Gasteiger partial charge < -0.3 is 29.7 Å². The van der Waals surface area contributed by atoms with Crippen LogP contribution in [0.2, 0.25) is 0 Å². The third-order valence-electron chi connectivity index (χ3n) is 7.21. The van der Waals surface area contributed by atoms with Crippen molar-refractivity contribution in [3.05, 3.63) is 58.8 Å². The molecule has 3 saturated heterocycles. The van der Waals surface area contributed by atoms with Crippen molar-refractivity contribution < 1.29 is 38.1 Å². The van der Waals surface area contributed by atoms with Gasteiger partial charge in [0.1, 0.15) is 22.8 Å². The smallest absolute Gasteiger partial charge is 0.414 e. The lowest BCUT2D eigenvalue weighted by Crippen LogP contribution is -2.46. The number of alkyl carbamates (subject to hydrolysis) is 1. The highest BCUT2D eigenvalue weighted by atomic mass is 32.2. The molecule has 1 atom stereocenters. The van der Waals surface area contributed by atoms with Crippen molar-refractivity contribution in [1.82, 2.24) is 10.2 Å². The van der Waals surface area contributed by atoms with Gasteiger partial charge in [0.15, 0.2) is 0 Å². The Kier molecular flexibility index (Phi) is 9.54. The molecule has 12 nitrogen and oxygen atoms in total. The fourth-order valence-electron chi connectivity index (χ4n) is 5.05. The van der Waals surface area contributed by atoms with Crippen LogP contribution < -0.4 is 20.0 Å². The van der Waals surface area contributed by atoms with Crippen LogP contribution in [0.15, 0.2) is 47.4 Å². The minimum atomic E-state index is -1.13. The van der Waals surface area contributed by atoms with Crippen LogP contribution >= 0.6 is 24.0 Å². The molecule has 0 aromatic heterocycles. The van der Waals surface area contributed by atoms with E-state index in [9.17, 15) is 19.2 Å². The molecule has 0 unspecified atom stereocenters. The molecular formula is C29H30FN5O7S2. The Morgan fingerprint density at radius 1 is 1.11 bits per heavy atom. The first-order valence-corrected chi connectivity index (χ1v) is 15.1. The second kappa shape index (κ2) is 13.5. The SMILES string of the molecule is CCOC(=O)NC[C@H]1CN(c2ccc(N3CCN(c4ccc(/C=C5/SC(=S)N(CC(=O)O)C5=O)cc4)CC3)c(F)c2)C(=O)O1. The van der Waals surface area contributed by atoms with Crippen molar-refractivity contribution in [2.75, 3.05) is 67.1 Å². The number of carbonyl (C=O) groups is 4. The van der Waals surface area contributed by atoms with Gasteiger partial charge in [0.05, 0.1) is 36.0 Å². The van der Waals surface area contributed by atoms with Crippen LogP contribution in [0, 0.1) is 5.82 Å². The molecule has 2 N–H and O–H groups in total. The molecule has 0 aliphatic carbocycles. The summed E-state index contributed by atoms with van der Waals surface area (Å²) in [6.45, 7) is 4.18. The van der Waals surface area contributed by atoms with Gasteiger partial charge in [-0.05, 0) is 48.9 Å². The first-order valence-electron chi connectivity index (χ1n) is 13.9. The number of nitrogens with zero attached hydrogens (tertiary/aromatic N) is 4. The molecule has 3 heterocycles. The Bertz CT molecular complexity index is 1500. The molecule has 44 heavy (non-hydrogen) atoms. The molecule has 3 aliphatic rings. The number of anilines is 3. The summed E-state index contributed by atoms with van der Waals surface area (Å²) >= 11 is 6.22. The van der Waals surface area contributed by atoms with Gasteiger partial charge in [-0.2, -0.15) is 0 Å². The topological polar surface area (TPSA) is 132 Å². The summed E-state index contributed by atoms with van der Waals surface area (Å²) in [4.78, 5) is 54.4.